The van der Waals surface area contributed by atoms with E-state index in [2.05, 4.69) is 5.32 Å². The zero-order chi connectivity index (χ0) is 13.7. The van der Waals surface area contributed by atoms with E-state index in [-0.39, 0.29) is 18.4 Å². The van der Waals surface area contributed by atoms with E-state index in [1.807, 2.05) is 30.3 Å². The summed E-state index contributed by atoms with van der Waals surface area (Å²) < 4.78 is 0. The van der Waals surface area contributed by atoms with Crippen LogP contribution in [0.2, 0.25) is 5.02 Å². The summed E-state index contributed by atoms with van der Waals surface area (Å²) in [5.41, 5.74) is 7.33. The van der Waals surface area contributed by atoms with Crippen molar-refractivity contribution < 1.29 is 4.79 Å². The molecule has 3 N–H and O–H groups in total. The van der Waals surface area contributed by atoms with Crippen LogP contribution in [-0.4, -0.2) is 12.5 Å². The quantitative estimate of drug-likeness (QED) is 0.900. The Morgan fingerprint density at radius 2 is 1.74 bits per heavy atom. The van der Waals surface area contributed by atoms with Gasteiger partial charge in [-0.2, -0.15) is 0 Å². The highest BCUT2D eigenvalue weighted by atomic mass is 35.5. The molecular weight excluding hydrogens is 260 g/mol. The van der Waals surface area contributed by atoms with Crippen molar-refractivity contribution in [2.75, 3.05) is 11.9 Å². The smallest absolute Gasteiger partial charge is 0.233 e. The molecule has 1 unspecified atom stereocenters. The fraction of sp³-hybridized carbons (Fsp3) is 0.133. The van der Waals surface area contributed by atoms with Crippen molar-refractivity contribution in [3.8, 4) is 0 Å². The van der Waals surface area contributed by atoms with Gasteiger partial charge in [-0.25, -0.2) is 0 Å². The zero-order valence-electron chi connectivity index (χ0n) is 10.3. The van der Waals surface area contributed by atoms with Gasteiger partial charge < -0.3 is 11.1 Å². The number of amides is 1. The Labute approximate surface area is 117 Å². The van der Waals surface area contributed by atoms with Crippen LogP contribution in [-0.2, 0) is 4.79 Å². The Kier molecular flexibility index (Phi) is 4.55. The van der Waals surface area contributed by atoms with Gasteiger partial charge in [0, 0.05) is 17.3 Å². The lowest BCUT2D eigenvalue weighted by Crippen LogP contribution is -2.27. The summed E-state index contributed by atoms with van der Waals surface area (Å²) >= 11 is 5.80. The van der Waals surface area contributed by atoms with E-state index in [1.165, 1.54) is 0 Å². The van der Waals surface area contributed by atoms with Crippen molar-refractivity contribution in [3.63, 3.8) is 0 Å². The topological polar surface area (TPSA) is 55.1 Å². The van der Waals surface area contributed by atoms with Crippen molar-refractivity contribution in [1.29, 1.82) is 0 Å². The Balaban J connectivity index is 2.11. The van der Waals surface area contributed by atoms with Gasteiger partial charge in [0.1, 0.15) is 0 Å². The fourth-order valence-electron chi connectivity index (χ4n) is 1.84. The molecule has 0 saturated carbocycles. The largest absolute Gasteiger partial charge is 0.329 e. The SMILES string of the molecule is NCC(C(=O)Nc1ccc(Cl)cc1)c1ccccc1. The number of hydrogen-bond donors (Lipinski definition) is 2. The number of rotatable bonds is 4. The van der Waals surface area contributed by atoms with Crippen molar-refractivity contribution >= 4 is 23.2 Å². The van der Waals surface area contributed by atoms with E-state index in [4.69, 9.17) is 17.3 Å². The van der Waals surface area contributed by atoms with Gasteiger partial charge in [-0.15, -0.1) is 0 Å². The monoisotopic (exact) mass is 274 g/mol. The molecule has 1 amide bonds. The maximum absolute atomic E-state index is 12.2. The molecule has 1 atom stereocenters. The molecule has 98 valence electrons. The predicted molar refractivity (Wildman–Crippen MR) is 78.3 cm³/mol. The molecule has 0 spiro atoms. The molecule has 4 heteroatoms. The number of anilines is 1. The first-order valence-electron chi connectivity index (χ1n) is 6.02. The van der Waals surface area contributed by atoms with Crippen LogP contribution in [0.4, 0.5) is 5.69 Å². The summed E-state index contributed by atoms with van der Waals surface area (Å²) in [6, 6.07) is 16.5. The molecule has 19 heavy (non-hydrogen) atoms. The second kappa shape index (κ2) is 6.36. The summed E-state index contributed by atoms with van der Waals surface area (Å²) in [6.07, 6.45) is 0. The zero-order valence-corrected chi connectivity index (χ0v) is 11.1. The van der Waals surface area contributed by atoms with E-state index in [0.29, 0.717) is 10.7 Å². The molecule has 2 aromatic rings. The molecule has 0 aliphatic heterocycles. The average Bonchev–Trinajstić information content (AvgIpc) is 2.43. The van der Waals surface area contributed by atoms with Crippen LogP contribution in [0.15, 0.2) is 54.6 Å². The Hall–Kier alpha value is -1.84. The lowest BCUT2D eigenvalue weighted by atomic mass is 9.98. The molecule has 0 aromatic heterocycles. The van der Waals surface area contributed by atoms with Crippen LogP contribution < -0.4 is 11.1 Å². The van der Waals surface area contributed by atoms with Crippen LogP contribution in [0, 0.1) is 0 Å². The normalized spacial score (nSPS) is 11.9. The number of hydrogen-bond acceptors (Lipinski definition) is 2. The van der Waals surface area contributed by atoms with Crippen LogP contribution in [0.5, 0.6) is 0 Å². The molecule has 0 bridgehead atoms. The van der Waals surface area contributed by atoms with Crippen molar-refractivity contribution in [3.05, 3.63) is 65.2 Å². The summed E-state index contributed by atoms with van der Waals surface area (Å²) in [7, 11) is 0. The first kappa shape index (κ1) is 13.6. The third kappa shape index (κ3) is 3.56. The summed E-state index contributed by atoms with van der Waals surface area (Å²) in [5, 5.41) is 3.48. The molecule has 0 aliphatic carbocycles. The minimum absolute atomic E-state index is 0.115. The maximum Gasteiger partial charge on any atom is 0.233 e. The molecule has 2 aromatic carbocycles. The molecule has 3 nitrogen and oxygen atoms in total. The number of halogens is 1. The van der Waals surface area contributed by atoms with Gasteiger partial charge >= 0.3 is 0 Å². The highest BCUT2D eigenvalue weighted by Crippen LogP contribution is 2.18. The second-order valence-electron chi connectivity index (χ2n) is 4.20. The Morgan fingerprint density at radius 1 is 1.11 bits per heavy atom. The lowest BCUT2D eigenvalue weighted by Gasteiger charge is -2.15. The van der Waals surface area contributed by atoms with Crippen molar-refractivity contribution in [2.24, 2.45) is 5.73 Å². The van der Waals surface area contributed by atoms with Crippen molar-refractivity contribution in [2.45, 2.75) is 5.92 Å². The maximum atomic E-state index is 12.2. The Bertz CT molecular complexity index is 540. The van der Waals surface area contributed by atoms with Crippen molar-refractivity contribution in [1.82, 2.24) is 0 Å². The molecule has 0 fully saturated rings. The fourth-order valence-corrected chi connectivity index (χ4v) is 1.97. The van der Waals surface area contributed by atoms with Gasteiger partial charge in [0.2, 0.25) is 5.91 Å². The minimum Gasteiger partial charge on any atom is -0.329 e. The summed E-state index contributed by atoms with van der Waals surface area (Å²) in [6.45, 7) is 0.267. The molecule has 0 aliphatic rings. The average molecular weight is 275 g/mol. The molecular formula is C15H15ClN2O. The first-order valence-corrected chi connectivity index (χ1v) is 6.40. The predicted octanol–water partition coefficient (Wildman–Crippen LogP) is 3.02. The summed E-state index contributed by atoms with van der Waals surface area (Å²) in [5.74, 6) is -0.465. The van der Waals surface area contributed by atoms with Gasteiger partial charge in [0.25, 0.3) is 0 Å². The van der Waals surface area contributed by atoms with Gasteiger partial charge in [0.05, 0.1) is 5.92 Å². The van der Waals surface area contributed by atoms with E-state index in [0.717, 1.165) is 5.56 Å². The second-order valence-corrected chi connectivity index (χ2v) is 4.63. The van der Waals surface area contributed by atoms with Gasteiger partial charge in [-0.1, -0.05) is 41.9 Å². The van der Waals surface area contributed by atoms with Crippen LogP contribution in [0.25, 0.3) is 0 Å². The van der Waals surface area contributed by atoms with E-state index < -0.39 is 0 Å². The van der Waals surface area contributed by atoms with Crippen LogP contribution in [0.1, 0.15) is 11.5 Å². The number of nitrogens with one attached hydrogen (secondary N) is 1. The number of carbonyl (C=O) groups is 1. The molecule has 0 radical (unpaired) electrons. The first-order chi connectivity index (χ1) is 9.20. The third-order valence-electron chi connectivity index (χ3n) is 2.87. The van der Waals surface area contributed by atoms with E-state index in [1.54, 1.807) is 24.3 Å². The Morgan fingerprint density at radius 3 is 2.32 bits per heavy atom. The van der Waals surface area contributed by atoms with E-state index in [9.17, 15) is 4.79 Å². The van der Waals surface area contributed by atoms with Gasteiger partial charge in [0.15, 0.2) is 0 Å². The molecule has 0 saturated heterocycles. The highest BCUT2D eigenvalue weighted by molar-refractivity contribution is 6.30. The molecule has 2 rings (SSSR count). The summed E-state index contributed by atoms with van der Waals surface area (Å²) in [4.78, 5) is 12.2. The van der Waals surface area contributed by atoms with Gasteiger partial charge in [-0.3, -0.25) is 4.79 Å². The third-order valence-corrected chi connectivity index (χ3v) is 3.12. The highest BCUT2D eigenvalue weighted by Gasteiger charge is 2.18. The number of benzene rings is 2. The standard InChI is InChI=1S/C15H15ClN2O/c16-12-6-8-13(9-7-12)18-15(19)14(10-17)11-4-2-1-3-5-11/h1-9,14H,10,17H2,(H,18,19). The minimum atomic E-state index is -0.350. The van der Waals surface area contributed by atoms with Gasteiger partial charge in [-0.05, 0) is 29.8 Å². The number of carbonyl (C=O) groups excluding carboxylic acids is 1. The van der Waals surface area contributed by atoms with Crippen LogP contribution in [0.3, 0.4) is 0 Å². The van der Waals surface area contributed by atoms with Crippen LogP contribution >= 0.6 is 11.6 Å². The molecule has 0 heterocycles. The lowest BCUT2D eigenvalue weighted by molar-refractivity contribution is -0.117. The number of nitrogens with two attached hydrogens (primary N) is 1. The van der Waals surface area contributed by atoms with E-state index >= 15 is 0 Å².